The van der Waals surface area contributed by atoms with Crippen LogP contribution in [0.3, 0.4) is 0 Å². The van der Waals surface area contributed by atoms with E-state index in [2.05, 4.69) is 0 Å². The van der Waals surface area contributed by atoms with Crippen LogP contribution in [-0.2, 0) is 20.1 Å². The van der Waals surface area contributed by atoms with Crippen LogP contribution in [0.15, 0.2) is 18.2 Å². The van der Waals surface area contributed by atoms with E-state index in [4.69, 9.17) is 33.7 Å². The number of alkyl halides is 1. The van der Waals surface area contributed by atoms with Crippen molar-refractivity contribution in [3.63, 3.8) is 0 Å². The number of carboxylic acid groups (broad SMARTS) is 1. The van der Waals surface area contributed by atoms with Gasteiger partial charge in [-0.15, -0.1) is 0 Å². The van der Waals surface area contributed by atoms with Crippen LogP contribution in [-0.4, -0.2) is 40.1 Å². The van der Waals surface area contributed by atoms with Crippen LogP contribution in [0.2, 0.25) is 10.0 Å². The fraction of sp³-hybridized carbons (Fsp3) is 0.579. The maximum Gasteiger partial charge on any atom is 0.344 e. The molecule has 9 heteroatoms. The molecule has 0 saturated heterocycles. The number of benzene rings is 1. The van der Waals surface area contributed by atoms with Gasteiger partial charge in [-0.25, -0.2) is 9.18 Å². The van der Waals surface area contributed by atoms with E-state index in [0.717, 1.165) is 5.56 Å². The number of hydrogen-bond acceptors (Lipinski definition) is 5. The van der Waals surface area contributed by atoms with Crippen molar-refractivity contribution in [2.24, 2.45) is 23.5 Å². The Kier molecular flexibility index (Phi) is 5.94. The van der Waals surface area contributed by atoms with Gasteiger partial charge >= 0.3 is 11.9 Å². The number of rotatable bonds is 7. The first-order chi connectivity index (χ1) is 13.0. The Morgan fingerprint density at radius 2 is 2.07 bits per heavy atom. The third-order valence-corrected chi connectivity index (χ3v) is 7.69. The maximum absolute atomic E-state index is 15.3. The Balaban J connectivity index is 1.72. The highest BCUT2D eigenvalue weighted by atomic mass is 35.5. The Labute approximate surface area is 177 Å². The van der Waals surface area contributed by atoms with Gasteiger partial charge in [0.1, 0.15) is 5.54 Å². The summed E-state index contributed by atoms with van der Waals surface area (Å²) in [7, 11) is 0. The number of carbonyl (C=O) groups is 2. The first kappa shape index (κ1) is 21.7. The van der Waals surface area contributed by atoms with Gasteiger partial charge in [0, 0.05) is 22.8 Å². The molecule has 2 aliphatic rings. The number of aliphatic carboxylic acids is 1. The van der Waals surface area contributed by atoms with Crippen molar-refractivity contribution in [2.75, 3.05) is 6.61 Å². The number of ether oxygens (including phenoxy) is 1. The van der Waals surface area contributed by atoms with Gasteiger partial charge in [-0.3, -0.25) is 4.79 Å². The fourth-order valence-electron chi connectivity index (χ4n) is 3.97. The standard InChI is InChI=1S/C19H22Cl2FNO4S/c1-9(2)7-27-17(26)18(22)11-6-14(19(23,15(11)18)16(24)25)28-8-10-3-4-12(20)13(21)5-10/h3-5,9,11,14-15H,6-8,23H2,1-2H3,(H,24,25)/t11-,14-,15+,18-,19+/m1/s1. The van der Waals surface area contributed by atoms with Crippen molar-refractivity contribution in [3.8, 4) is 0 Å². The predicted octanol–water partition coefficient (Wildman–Crippen LogP) is 3.93. The molecule has 0 bridgehead atoms. The van der Waals surface area contributed by atoms with E-state index in [-0.39, 0.29) is 18.9 Å². The molecule has 0 spiro atoms. The van der Waals surface area contributed by atoms with Crippen LogP contribution >= 0.6 is 35.0 Å². The molecule has 1 aromatic carbocycles. The van der Waals surface area contributed by atoms with Gasteiger partial charge < -0.3 is 15.6 Å². The lowest BCUT2D eigenvalue weighted by molar-refractivity contribution is -0.156. The normalized spacial score (nSPS) is 33.6. The van der Waals surface area contributed by atoms with E-state index in [9.17, 15) is 14.7 Å². The molecule has 5 nitrogen and oxygen atoms in total. The molecule has 1 aromatic rings. The van der Waals surface area contributed by atoms with Crippen LogP contribution in [0.1, 0.15) is 25.8 Å². The molecular formula is C19H22Cl2FNO4S. The molecule has 0 aliphatic heterocycles. The third kappa shape index (κ3) is 3.51. The molecule has 0 unspecified atom stereocenters. The van der Waals surface area contributed by atoms with Crippen molar-refractivity contribution in [1.82, 2.24) is 0 Å². The summed E-state index contributed by atoms with van der Waals surface area (Å²) in [5, 5.41) is 10.1. The summed E-state index contributed by atoms with van der Waals surface area (Å²) >= 11 is 13.2. The molecule has 0 radical (unpaired) electrons. The maximum atomic E-state index is 15.3. The van der Waals surface area contributed by atoms with Crippen LogP contribution in [0.25, 0.3) is 0 Å². The molecule has 3 N–H and O–H groups in total. The second-order valence-corrected chi connectivity index (χ2v) is 9.87. The van der Waals surface area contributed by atoms with E-state index < -0.39 is 40.2 Å². The van der Waals surface area contributed by atoms with Crippen molar-refractivity contribution in [3.05, 3.63) is 33.8 Å². The number of nitrogens with two attached hydrogens (primary N) is 1. The van der Waals surface area contributed by atoms with Gasteiger partial charge in [0.25, 0.3) is 0 Å². The van der Waals surface area contributed by atoms with Crippen molar-refractivity contribution in [2.45, 2.75) is 42.5 Å². The van der Waals surface area contributed by atoms with Crippen LogP contribution < -0.4 is 5.73 Å². The number of thioether (sulfide) groups is 1. The fourth-order valence-corrected chi connectivity index (χ4v) is 5.73. The highest BCUT2D eigenvalue weighted by Gasteiger charge is 2.84. The summed E-state index contributed by atoms with van der Waals surface area (Å²) in [5.41, 5.74) is 2.91. The molecule has 5 atom stereocenters. The SMILES string of the molecule is CC(C)COC(=O)[C@@]1(F)[C@@H]2C[C@@H](SCc3ccc(Cl)c(Cl)c3)[C@@](N)(C(=O)O)[C@@H]21. The van der Waals surface area contributed by atoms with E-state index in [1.54, 1.807) is 18.2 Å². The summed E-state index contributed by atoms with van der Waals surface area (Å²) in [6.07, 6.45) is 0.201. The molecule has 28 heavy (non-hydrogen) atoms. The first-order valence-electron chi connectivity index (χ1n) is 8.96. The van der Waals surface area contributed by atoms with Gasteiger partial charge in [0.05, 0.1) is 16.7 Å². The van der Waals surface area contributed by atoms with Gasteiger partial charge in [-0.2, -0.15) is 11.8 Å². The minimum Gasteiger partial charge on any atom is -0.480 e. The Morgan fingerprint density at radius 1 is 1.39 bits per heavy atom. The zero-order valence-corrected chi connectivity index (χ0v) is 17.8. The lowest BCUT2D eigenvalue weighted by Gasteiger charge is -2.31. The summed E-state index contributed by atoms with van der Waals surface area (Å²) in [5.74, 6) is -3.61. The zero-order chi connectivity index (χ0) is 20.9. The summed E-state index contributed by atoms with van der Waals surface area (Å²) in [6, 6.07) is 5.16. The zero-order valence-electron chi connectivity index (χ0n) is 15.5. The topological polar surface area (TPSA) is 89.6 Å². The minimum atomic E-state index is -2.32. The van der Waals surface area contributed by atoms with Crippen molar-refractivity contribution < 1.29 is 23.8 Å². The van der Waals surface area contributed by atoms with E-state index in [0.29, 0.717) is 15.8 Å². The van der Waals surface area contributed by atoms with Gasteiger partial charge in [-0.1, -0.05) is 43.1 Å². The Hall–Kier alpha value is -1.02. The number of hydrogen-bond donors (Lipinski definition) is 2. The summed E-state index contributed by atoms with van der Waals surface area (Å²) in [4.78, 5) is 24.2. The molecular weight excluding hydrogens is 428 g/mol. The first-order valence-corrected chi connectivity index (χ1v) is 10.8. The van der Waals surface area contributed by atoms with Crippen LogP contribution in [0, 0.1) is 17.8 Å². The third-order valence-electron chi connectivity index (χ3n) is 5.47. The summed E-state index contributed by atoms with van der Waals surface area (Å²) < 4.78 is 20.3. The highest BCUT2D eigenvalue weighted by molar-refractivity contribution is 7.99. The molecule has 0 aromatic heterocycles. The van der Waals surface area contributed by atoms with Gasteiger partial charge in [0.15, 0.2) is 0 Å². The molecule has 154 valence electrons. The average Bonchev–Trinajstić information content (AvgIpc) is 3.09. The monoisotopic (exact) mass is 449 g/mol. The number of fused-ring (bicyclic) bond motifs is 1. The predicted molar refractivity (Wildman–Crippen MR) is 107 cm³/mol. The smallest absolute Gasteiger partial charge is 0.344 e. The number of carbonyl (C=O) groups excluding carboxylic acids is 1. The van der Waals surface area contributed by atoms with Gasteiger partial charge in [0.2, 0.25) is 5.67 Å². The molecule has 2 saturated carbocycles. The van der Waals surface area contributed by atoms with Crippen molar-refractivity contribution in [1.29, 1.82) is 0 Å². The van der Waals surface area contributed by atoms with Crippen molar-refractivity contribution >= 4 is 46.9 Å². The number of esters is 1. The molecule has 3 rings (SSSR count). The second-order valence-electron chi connectivity index (χ2n) is 7.87. The van der Waals surface area contributed by atoms with E-state index in [1.807, 2.05) is 13.8 Å². The van der Waals surface area contributed by atoms with E-state index >= 15 is 4.39 Å². The van der Waals surface area contributed by atoms with Crippen LogP contribution in [0.5, 0.6) is 0 Å². The molecule has 0 heterocycles. The van der Waals surface area contributed by atoms with E-state index in [1.165, 1.54) is 11.8 Å². The van der Waals surface area contributed by atoms with Crippen LogP contribution in [0.4, 0.5) is 4.39 Å². The second kappa shape index (κ2) is 7.67. The number of carboxylic acids is 1. The lowest BCUT2D eigenvalue weighted by Crippen LogP contribution is -2.58. The summed E-state index contributed by atoms with van der Waals surface area (Å²) in [6.45, 7) is 3.77. The van der Waals surface area contributed by atoms with Gasteiger partial charge in [-0.05, 0) is 30.0 Å². The largest absolute Gasteiger partial charge is 0.480 e. The number of halogens is 3. The Morgan fingerprint density at radius 3 is 2.64 bits per heavy atom. The average molecular weight is 450 g/mol. The quantitative estimate of drug-likeness (QED) is 0.612. The lowest BCUT2D eigenvalue weighted by atomic mass is 9.90. The molecule has 2 aliphatic carbocycles. The Bertz CT molecular complexity index is 810. The minimum absolute atomic E-state index is 0.0581. The molecule has 2 fully saturated rings. The highest BCUT2D eigenvalue weighted by Crippen LogP contribution is 2.69. The molecule has 0 amide bonds.